The number of carbonyl (C=O) groups excluding carboxylic acids is 1. The molecule has 21 heavy (non-hydrogen) atoms. The van der Waals surface area contributed by atoms with Crippen LogP contribution in [0.2, 0.25) is 0 Å². The summed E-state index contributed by atoms with van der Waals surface area (Å²) in [5, 5.41) is 0. The molecule has 0 atom stereocenters. The van der Waals surface area contributed by atoms with Gasteiger partial charge in [0, 0.05) is 19.3 Å². The fourth-order valence-corrected chi connectivity index (χ4v) is 2.02. The largest absolute Gasteiger partial charge is 0.399 e. The molecule has 0 aliphatic carbocycles. The highest BCUT2D eigenvalue weighted by Crippen LogP contribution is 2.08. The van der Waals surface area contributed by atoms with E-state index in [0.29, 0.717) is 25.1 Å². The first-order chi connectivity index (χ1) is 10.0. The van der Waals surface area contributed by atoms with Gasteiger partial charge in [0.2, 0.25) is 5.91 Å². The fraction of sp³-hybridized carbons (Fsp3) is 0.235. The number of carbonyl (C=O) groups is 1. The monoisotopic (exact) mass is 286 g/mol. The normalized spacial score (nSPS) is 10.4. The van der Waals surface area contributed by atoms with E-state index in [1.807, 2.05) is 12.1 Å². The van der Waals surface area contributed by atoms with Crippen molar-refractivity contribution in [3.63, 3.8) is 0 Å². The molecular weight excluding hydrogens is 267 g/mol. The molecule has 0 aromatic heterocycles. The Morgan fingerprint density at radius 2 is 1.62 bits per heavy atom. The van der Waals surface area contributed by atoms with Crippen molar-refractivity contribution in [3.05, 3.63) is 65.5 Å². The fourth-order valence-electron chi connectivity index (χ4n) is 2.02. The number of likely N-dealkylation sites (N-methyl/N-ethyl adjacent to an activating group) is 1. The number of nitrogen functional groups attached to an aromatic ring is 1. The van der Waals surface area contributed by atoms with Gasteiger partial charge in [0.25, 0.3) is 0 Å². The number of benzene rings is 2. The Labute approximate surface area is 124 Å². The van der Waals surface area contributed by atoms with Gasteiger partial charge >= 0.3 is 0 Å². The summed E-state index contributed by atoms with van der Waals surface area (Å²) in [5.74, 6) is -0.187. The van der Waals surface area contributed by atoms with Crippen molar-refractivity contribution >= 4 is 11.6 Å². The molecule has 0 saturated heterocycles. The Morgan fingerprint density at radius 1 is 1.05 bits per heavy atom. The maximum atomic E-state index is 12.8. The van der Waals surface area contributed by atoms with E-state index in [1.165, 1.54) is 12.1 Å². The Balaban J connectivity index is 1.84. The maximum absolute atomic E-state index is 12.8. The molecule has 2 rings (SSSR count). The lowest BCUT2D eigenvalue weighted by atomic mass is 10.1. The molecule has 3 nitrogen and oxygen atoms in total. The van der Waals surface area contributed by atoms with Crippen LogP contribution in [-0.4, -0.2) is 24.4 Å². The van der Waals surface area contributed by atoms with Crippen molar-refractivity contribution in [1.82, 2.24) is 4.90 Å². The highest BCUT2D eigenvalue weighted by Gasteiger charge is 2.09. The van der Waals surface area contributed by atoms with E-state index in [4.69, 9.17) is 5.73 Å². The summed E-state index contributed by atoms with van der Waals surface area (Å²) < 4.78 is 12.8. The van der Waals surface area contributed by atoms with Crippen LogP contribution < -0.4 is 5.73 Å². The summed E-state index contributed by atoms with van der Waals surface area (Å²) in [6.07, 6.45) is 1.07. The first-order valence-electron chi connectivity index (χ1n) is 6.87. The summed E-state index contributed by atoms with van der Waals surface area (Å²) >= 11 is 0. The number of rotatable bonds is 5. The van der Waals surface area contributed by atoms with Gasteiger partial charge in [0.15, 0.2) is 0 Å². The number of hydrogen-bond donors (Lipinski definition) is 1. The first-order valence-corrected chi connectivity index (χ1v) is 6.87. The zero-order valence-corrected chi connectivity index (χ0v) is 12.1. The standard InChI is InChI=1S/C17H19FN2O/c1-20(11-10-13-2-6-15(18)7-3-13)17(21)12-14-4-8-16(19)9-5-14/h2-9H,10-12,19H2,1H3. The molecular formula is C17H19FN2O. The molecule has 2 aromatic rings. The van der Waals surface area contributed by atoms with E-state index < -0.39 is 0 Å². The van der Waals surface area contributed by atoms with Crippen LogP contribution in [0, 0.1) is 5.82 Å². The van der Waals surface area contributed by atoms with Crippen LogP contribution in [-0.2, 0) is 17.6 Å². The molecule has 2 N–H and O–H groups in total. The molecule has 2 aromatic carbocycles. The second kappa shape index (κ2) is 6.88. The molecule has 0 unspecified atom stereocenters. The van der Waals surface area contributed by atoms with Crippen LogP contribution in [0.4, 0.5) is 10.1 Å². The number of anilines is 1. The van der Waals surface area contributed by atoms with E-state index in [2.05, 4.69) is 0 Å². The first kappa shape index (κ1) is 15.0. The van der Waals surface area contributed by atoms with Crippen LogP contribution in [0.25, 0.3) is 0 Å². The molecule has 4 heteroatoms. The molecule has 0 bridgehead atoms. The smallest absolute Gasteiger partial charge is 0.226 e. The lowest BCUT2D eigenvalue weighted by Crippen LogP contribution is -2.30. The van der Waals surface area contributed by atoms with Crippen LogP contribution in [0.1, 0.15) is 11.1 Å². The molecule has 1 amide bonds. The second-order valence-electron chi connectivity index (χ2n) is 5.11. The minimum absolute atomic E-state index is 0.0573. The third kappa shape index (κ3) is 4.60. The summed E-state index contributed by atoms with van der Waals surface area (Å²) in [5.41, 5.74) is 8.27. The Bertz CT molecular complexity index is 593. The van der Waals surface area contributed by atoms with E-state index in [-0.39, 0.29) is 11.7 Å². The Morgan fingerprint density at radius 3 is 2.24 bits per heavy atom. The zero-order chi connectivity index (χ0) is 15.2. The van der Waals surface area contributed by atoms with Gasteiger partial charge in [0.1, 0.15) is 5.82 Å². The second-order valence-corrected chi connectivity index (χ2v) is 5.11. The van der Waals surface area contributed by atoms with Crippen molar-refractivity contribution in [3.8, 4) is 0 Å². The topological polar surface area (TPSA) is 46.3 Å². The summed E-state index contributed by atoms with van der Waals surface area (Å²) in [7, 11) is 1.78. The lowest BCUT2D eigenvalue weighted by molar-refractivity contribution is -0.129. The number of amides is 1. The number of nitrogens with zero attached hydrogens (tertiary/aromatic N) is 1. The SMILES string of the molecule is CN(CCc1ccc(F)cc1)C(=O)Cc1ccc(N)cc1. The lowest BCUT2D eigenvalue weighted by Gasteiger charge is -2.17. The molecule has 0 fully saturated rings. The van der Waals surface area contributed by atoms with Crippen molar-refractivity contribution in [2.24, 2.45) is 0 Å². The predicted octanol–water partition coefficient (Wildman–Crippen LogP) is 2.65. The number of hydrogen-bond acceptors (Lipinski definition) is 2. The van der Waals surface area contributed by atoms with Crippen LogP contribution in [0.5, 0.6) is 0 Å². The van der Waals surface area contributed by atoms with Gasteiger partial charge in [-0.2, -0.15) is 0 Å². The van der Waals surface area contributed by atoms with Gasteiger partial charge in [-0.3, -0.25) is 4.79 Å². The Kier molecular flexibility index (Phi) is 4.93. The molecule has 110 valence electrons. The number of nitrogens with two attached hydrogens (primary N) is 1. The molecule has 0 heterocycles. The molecule has 0 aliphatic rings. The van der Waals surface area contributed by atoms with Gasteiger partial charge in [0.05, 0.1) is 6.42 Å². The maximum Gasteiger partial charge on any atom is 0.226 e. The summed E-state index contributed by atoms with van der Waals surface area (Å²) in [6, 6.07) is 13.7. The zero-order valence-electron chi connectivity index (χ0n) is 12.1. The minimum atomic E-state index is -0.244. The Hall–Kier alpha value is -2.36. The van der Waals surface area contributed by atoms with Crippen molar-refractivity contribution in [1.29, 1.82) is 0 Å². The predicted molar refractivity (Wildman–Crippen MR) is 82.3 cm³/mol. The van der Waals surface area contributed by atoms with Crippen molar-refractivity contribution in [2.75, 3.05) is 19.3 Å². The molecule has 0 saturated carbocycles. The van der Waals surface area contributed by atoms with Crippen molar-refractivity contribution in [2.45, 2.75) is 12.8 Å². The molecule has 0 radical (unpaired) electrons. The summed E-state index contributed by atoms with van der Waals surface area (Å²) in [6.45, 7) is 0.611. The quantitative estimate of drug-likeness (QED) is 0.859. The van der Waals surface area contributed by atoms with Gasteiger partial charge in [-0.15, -0.1) is 0 Å². The van der Waals surface area contributed by atoms with Crippen LogP contribution >= 0.6 is 0 Å². The molecule has 0 spiro atoms. The number of halogens is 1. The highest BCUT2D eigenvalue weighted by molar-refractivity contribution is 5.78. The van der Waals surface area contributed by atoms with Crippen LogP contribution in [0.3, 0.4) is 0 Å². The van der Waals surface area contributed by atoms with E-state index >= 15 is 0 Å². The van der Waals surface area contributed by atoms with E-state index in [9.17, 15) is 9.18 Å². The highest BCUT2D eigenvalue weighted by atomic mass is 19.1. The minimum Gasteiger partial charge on any atom is -0.399 e. The summed E-state index contributed by atoms with van der Waals surface area (Å²) in [4.78, 5) is 13.8. The van der Waals surface area contributed by atoms with E-state index in [0.717, 1.165) is 11.1 Å². The van der Waals surface area contributed by atoms with Gasteiger partial charge < -0.3 is 10.6 Å². The van der Waals surface area contributed by atoms with Crippen LogP contribution in [0.15, 0.2) is 48.5 Å². The van der Waals surface area contributed by atoms with Gasteiger partial charge in [-0.1, -0.05) is 24.3 Å². The third-order valence-corrected chi connectivity index (χ3v) is 3.41. The average Bonchev–Trinajstić information content (AvgIpc) is 2.48. The average molecular weight is 286 g/mol. The molecule has 0 aliphatic heterocycles. The van der Waals surface area contributed by atoms with Crippen molar-refractivity contribution < 1.29 is 9.18 Å². The van der Waals surface area contributed by atoms with Gasteiger partial charge in [-0.25, -0.2) is 4.39 Å². The van der Waals surface area contributed by atoms with Gasteiger partial charge in [-0.05, 0) is 41.8 Å². The van der Waals surface area contributed by atoms with E-state index in [1.54, 1.807) is 36.2 Å². The third-order valence-electron chi connectivity index (χ3n) is 3.41.